The van der Waals surface area contributed by atoms with E-state index < -0.39 is 44.0 Å². The molecule has 0 radical (unpaired) electrons. The van der Waals surface area contributed by atoms with Crippen molar-refractivity contribution in [2.75, 3.05) is 7.11 Å². The minimum absolute atomic E-state index is 0.0582. The first-order valence-electron chi connectivity index (χ1n) is 14.6. The largest absolute Gasteiger partial charge is 0.544 e. The van der Waals surface area contributed by atoms with Crippen LogP contribution in [0.4, 0.5) is 4.79 Å². The Kier molecular flexibility index (Phi) is 10.7. The van der Waals surface area contributed by atoms with Gasteiger partial charge in [-0.25, -0.2) is 9.59 Å². The Bertz CT molecular complexity index is 1420. The number of methoxy groups -OCH3 is 1. The molecule has 0 saturated heterocycles. The van der Waals surface area contributed by atoms with E-state index in [1.807, 2.05) is 66.7 Å². The van der Waals surface area contributed by atoms with Crippen molar-refractivity contribution in [1.29, 1.82) is 0 Å². The molecule has 0 bridgehead atoms. The molecule has 2 atom stereocenters. The molecule has 3 aromatic rings. The fourth-order valence-electron chi connectivity index (χ4n) is 4.25. The smallest absolute Gasteiger partial charge is 0.408 e. The summed E-state index contributed by atoms with van der Waals surface area (Å²) in [5, 5.41) is 7.65. The van der Waals surface area contributed by atoms with E-state index in [-0.39, 0.29) is 17.9 Å². The van der Waals surface area contributed by atoms with Gasteiger partial charge in [0.05, 0.1) is 7.11 Å². The lowest BCUT2D eigenvalue weighted by atomic mass is 10.0. The first-order valence-corrected chi connectivity index (χ1v) is 17.5. The third kappa shape index (κ3) is 9.85. The average Bonchev–Trinajstić information content (AvgIpc) is 2.91. The Morgan fingerprint density at radius 1 is 0.767 bits per heavy atom. The highest BCUT2D eigenvalue weighted by molar-refractivity contribution is 6.74. The number of carbonyl (C=O) groups is 3. The number of carbonyl (C=O) groups excluding carboxylic acids is 3. The summed E-state index contributed by atoms with van der Waals surface area (Å²) in [6.45, 7) is 16.2. The number of hydrogen-bond acceptors (Lipinski definition) is 6. The number of alkyl carbamates (subject to hydrolysis) is 1. The lowest BCUT2D eigenvalue weighted by Crippen LogP contribution is -2.53. The van der Waals surface area contributed by atoms with E-state index in [9.17, 15) is 14.4 Å². The van der Waals surface area contributed by atoms with E-state index in [4.69, 9.17) is 13.9 Å². The zero-order valence-corrected chi connectivity index (χ0v) is 27.9. The maximum absolute atomic E-state index is 13.6. The van der Waals surface area contributed by atoms with Gasteiger partial charge in [-0.15, -0.1) is 0 Å². The number of esters is 1. The molecule has 232 valence electrons. The Morgan fingerprint density at radius 3 is 1.93 bits per heavy atom. The van der Waals surface area contributed by atoms with Crippen LogP contribution in [0.25, 0.3) is 10.8 Å². The van der Waals surface area contributed by atoms with Crippen LogP contribution in [0.15, 0.2) is 66.7 Å². The standard InChI is InChI=1S/C34H46N2O6Si/c1-33(2,3)41-32(39)36-28(22-24-14-17-25-12-10-11-13-26(25)20-24)30(37)35-29(31(38)40-7)21-23-15-18-27(19-16-23)42-43(8,9)34(4,5)6/h10-20,28-29H,21-22H2,1-9H3,(H,35,37)(H,36,39)/t28-,29-/m0/s1. The molecule has 0 aliphatic rings. The number of hydrogen-bond donors (Lipinski definition) is 2. The first-order chi connectivity index (χ1) is 20.0. The fourth-order valence-corrected chi connectivity index (χ4v) is 5.28. The average molecular weight is 607 g/mol. The molecule has 3 aromatic carbocycles. The lowest BCUT2D eigenvalue weighted by Gasteiger charge is -2.36. The number of fused-ring (bicyclic) bond motifs is 1. The Balaban J connectivity index is 1.80. The maximum atomic E-state index is 13.6. The van der Waals surface area contributed by atoms with E-state index in [0.29, 0.717) is 0 Å². The highest BCUT2D eigenvalue weighted by Gasteiger charge is 2.39. The quantitative estimate of drug-likeness (QED) is 0.200. The summed E-state index contributed by atoms with van der Waals surface area (Å²) in [7, 11) is -0.725. The number of nitrogens with one attached hydrogen (secondary N) is 2. The van der Waals surface area contributed by atoms with Gasteiger partial charge in [-0.3, -0.25) is 4.79 Å². The van der Waals surface area contributed by atoms with Crippen molar-refractivity contribution in [3.63, 3.8) is 0 Å². The zero-order chi connectivity index (χ0) is 32.0. The summed E-state index contributed by atoms with van der Waals surface area (Å²) in [6.07, 6.45) is -0.322. The number of ether oxygens (including phenoxy) is 2. The third-order valence-electron chi connectivity index (χ3n) is 7.61. The molecular weight excluding hydrogens is 560 g/mol. The fraction of sp³-hybridized carbons (Fsp3) is 0.441. The summed E-state index contributed by atoms with van der Waals surface area (Å²) in [5.41, 5.74) is 0.926. The molecule has 0 spiro atoms. The molecule has 3 rings (SSSR count). The van der Waals surface area contributed by atoms with Crippen LogP contribution in [0.3, 0.4) is 0 Å². The van der Waals surface area contributed by atoms with Crippen LogP contribution in [0.5, 0.6) is 5.75 Å². The second kappa shape index (κ2) is 13.6. The van der Waals surface area contributed by atoms with Gasteiger partial charge < -0.3 is 24.5 Å². The van der Waals surface area contributed by atoms with Gasteiger partial charge >= 0.3 is 12.1 Å². The number of benzene rings is 3. The number of rotatable bonds is 10. The molecule has 0 aromatic heterocycles. The Hall–Kier alpha value is -3.85. The molecule has 2 amide bonds. The van der Waals surface area contributed by atoms with Gasteiger partial charge in [-0.05, 0) is 72.9 Å². The van der Waals surface area contributed by atoms with Crippen molar-refractivity contribution in [3.05, 3.63) is 77.9 Å². The molecule has 9 heteroatoms. The minimum atomic E-state index is -2.01. The molecule has 8 nitrogen and oxygen atoms in total. The second-order valence-corrected chi connectivity index (χ2v) is 18.1. The molecule has 43 heavy (non-hydrogen) atoms. The van der Waals surface area contributed by atoms with Gasteiger partial charge in [-0.2, -0.15) is 0 Å². The van der Waals surface area contributed by atoms with Crippen LogP contribution in [0.1, 0.15) is 52.7 Å². The van der Waals surface area contributed by atoms with Crippen molar-refractivity contribution in [1.82, 2.24) is 10.6 Å². The molecule has 2 N–H and O–H groups in total. The van der Waals surface area contributed by atoms with Crippen LogP contribution in [-0.2, 0) is 31.9 Å². The monoisotopic (exact) mass is 606 g/mol. The Morgan fingerprint density at radius 2 is 1.35 bits per heavy atom. The van der Waals surface area contributed by atoms with Crippen LogP contribution in [0.2, 0.25) is 18.1 Å². The van der Waals surface area contributed by atoms with Crippen LogP contribution in [0, 0.1) is 0 Å². The summed E-state index contributed by atoms with van der Waals surface area (Å²) < 4.78 is 16.8. The van der Waals surface area contributed by atoms with E-state index in [1.54, 1.807) is 20.8 Å². The normalized spacial score (nSPS) is 13.5. The molecule has 0 fully saturated rings. The molecular formula is C34H46N2O6Si. The molecule has 0 aliphatic carbocycles. The van der Waals surface area contributed by atoms with Crippen LogP contribution >= 0.6 is 0 Å². The third-order valence-corrected chi connectivity index (χ3v) is 12.0. The topological polar surface area (TPSA) is 103 Å². The predicted molar refractivity (Wildman–Crippen MR) is 173 cm³/mol. The van der Waals surface area contributed by atoms with Gasteiger partial charge in [-0.1, -0.05) is 75.4 Å². The highest BCUT2D eigenvalue weighted by atomic mass is 28.4. The minimum Gasteiger partial charge on any atom is -0.544 e. The van der Waals surface area contributed by atoms with Gasteiger partial charge in [0.2, 0.25) is 14.2 Å². The molecule has 0 heterocycles. The SMILES string of the molecule is COC(=O)[C@H](Cc1ccc(O[Si](C)(C)C(C)(C)C)cc1)NC(=O)[C@H](Cc1ccc2ccccc2c1)NC(=O)OC(C)(C)C. The van der Waals surface area contributed by atoms with Crippen molar-refractivity contribution >= 4 is 37.1 Å². The van der Waals surface area contributed by atoms with E-state index in [0.717, 1.165) is 27.6 Å². The van der Waals surface area contributed by atoms with Crippen molar-refractivity contribution in [2.24, 2.45) is 0 Å². The van der Waals surface area contributed by atoms with E-state index in [1.165, 1.54) is 7.11 Å². The zero-order valence-electron chi connectivity index (χ0n) is 26.9. The molecule has 0 aliphatic heterocycles. The van der Waals surface area contributed by atoms with Crippen molar-refractivity contribution < 1.29 is 28.3 Å². The van der Waals surface area contributed by atoms with E-state index >= 15 is 0 Å². The van der Waals surface area contributed by atoms with Gasteiger partial charge in [0, 0.05) is 12.8 Å². The summed E-state index contributed by atoms with van der Waals surface area (Å²) in [4.78, 5) is 39.1. The maximum Gasteiger partial charge on any atom is 0.408 e. The summed E-state index contributed by atoms with van der Waals surface area (Å²) in [5.74, 6) is -0.338. The molecule has 0 saturated carbocycles. The highest BCUT2D eigenvalue weighted by Crippen LogP contribution is 2.37. The number of amides is 2. The van der Waals surface area contributed by atoms with Gasteiger partial charge in [0.25, 0.3) is 0 Å². The van der Waals surface area contributed by atoms with Crippen LogP contribution < -0.4 is 15.1 Å². The summed E-state index contributed by atoms with van der Waals surface area (Å²) >= 11 is 0. The van der Waals surface area contributed by atoms with Crippen molar-refractivity contribution in [2.45, 2.75) is 90.2 Å². The van der Waals surface area contributed by atoms with Gasteiger partial charge in [0.15, 0.2) is 0 Å². The summed E-state index contributed by atoms with van der Waals surface area (Å²) in [6, 6.07) is 19.4. The lowest BCUT2D eigenvalue weighted by molar-refractivity contribution is -0.145. The Labute approximate surface area is 256 Å². The van der Waals surface area contributed by atoms with Gasteiger partial charge in [0.1, 0.15) is 23.4 Å². The second-order valence-electron chi connectivity index (χ2n) is 13.4. The predicted octanol–water partition coefficient (Wildman–Crippen LogP) is 6.56. The van der Waals surface area contributed by atoms with Crippen molar-refractivity contribution in [3.8, 4) is 5.75 Å². The molecule has 0 unspecified atom stereocenters. The van der Waals surface area contributed by atoms with Crippen LogP contribution in [-0.4, -0.2) is 51.1 Å². The first kappa shape index (κ1) is 33.6. The van der Waals surface area contributed by atoms with E-state index in [2.05, 4.69) is 44.5 Å².